The first-order chi connectivity index (χ1) is 15.0. The van der Waals surface area contributed by atoms with Crippen molar-refractivity contribution in [2.24, 2.45) is 0 Å². The van der Waals surface area contributed by atoms with Crippen molar-refractivity contribution in [3.8, 4) is 0 Å². The molecule has 3 heterocycles. The van der Waals surface area contributed by atoms with Crippen LogP contribution in [0.1, 0.15) is 31.4 Å². The molecule has 3 aliphatic rings. The summed E-state index contributed by atoms with van der Waals surface area (Å²) in [4.78, 5) is 13.3. The number of epoxide rings is 1. The highest BCUT2D eigenvalue weighted by Crippen LogP contribution is 2.52. The number of rotatable bonds is 4. The van der Waals surface area contributed by atoms with Gasteiger partial charge in [0.1, 0.15) is 53.7 Å². The molecule has 5 rings (SSSR count). The summed E-state index contributed by atoms with van der Waals surface area (Å²) < 4.78 is 68.3. The van der Waals surface area contributed by atoms with Gasteiger partial charge in [0.25, 0.3) is 0 Å². The van der Waals surface area contributed by atoms with Crippen LogP contribution in [0.15, 0.2) is 36.4 Å². The molecule has 2 aromatic rings. The van der Waals surface area contributed by atoms with Crippen LogP contribution in [0, 0.1) is 23.3 Å². The Kier molecular flexibility index (Phi) is 6.95. The van der Waals surface area contributed by atoms with Crippen molar-refractivity contribution in [3.05, 3.63) is 70.8 Å². The molecule has 0 saturated carbocycles. The number of carbonyl (C=O) groups excluding carboxylic acids is 1. The Bertz CT molecular complexity index is 1040. The first kappa shape index (κ1) is 26.6. The van der Waals surface area contributed by atoms with Crippen molar-refractivity contribution in [1.82, 2.24) is 0 Å². The number of piperidine rings is 1. The Morgan fingerprint density at radius 2 is 1.41 bits per heavy atom. The van der Waals surface area contributed by atoms with Gasteiger partial charge in [-0.3, -0.25) is 0 Å². The molecule has 34 heavy (non-hydrogen) atoms. The van der Waals surface area contributed by atoms with Crippen molar-refractivity contribution < 1.29 is 58.4 Å². The van der Waals surface area contributed by atoms with Gasteiger partial charge < -0.3 is 36.0 Å². The molecule has 3 saturated heterocycles. The molecule has 3 aliphatic heterocycles. The molecule has 0 radical (unpaired) electrons. The van der Waals surface area contributed by atoms with Crippen molar-refractivity contribution in [2.75, 3.05) is 14.1 Å². The van der Waals surface area contributed by atoms with Crippen LogP contribution in [0.3, 0.4) is 0 Å². The number of likely N-dealkylation sites (N-methyl/N-ethyl adjacent to an activating group) is 1. The number of aliphatic hydroxyl groups is 1. The zero-order chi connectivity index (χ0) is 23.0. The maximum Gasteiger partial charge on any atom is 0.348 e. The van der Waals surface area contributed by atoms with Crippen LogP contribution < -0.4 is 17.0 Å². The number of hydrogen-bond acceptors (Lipinski definition) is 4. The number of ether oxygens (including phenoxy) is 2. The lowest BCUT2D eigenvalue weighted by Gasteiger charge is -2.45. The standard InChI is InChI=1S/C23H22F4NO4.CH4.BrH/c1-28(2)18-9-13(10-19(28)21-20(18)32-21)31-22(29)23(30,14-5-3-11(24)7-16(14)26)15-6-4-12(25)8-17(15)27;;/h3-8,13,18-21,30H,9-10H2,1-2H3;1H4;1H/q+1;;/p-1/t13?,18-,19?,20+,21?;;/m0../s1. The molecule has 0 aromatic heterocycles. The molecule has 3 unspecified atom stereocenters. The molecule has 0 amide bonds. The fraction of sp³-hybridized carbons (Fsp3) is 0.458. The summed E-state index contributed by atoms with van der Waals surface area (Å²) in [6.45, 7) is 0. The molecule has 10 heteroatoms. The van der Waals surface area contributed by atoms with E-state index in [-0.39, 0.29) is 48.7 Å². The van der Waals surface area contributed by atoms with Crippen LogP contribution in [-0.2, 0) is 19.9 Å². The second-order valence-electron chi connectivity index (χ2n) is 9.29. The van der Waals surface area contributed by atoms with E-state index < -0.39 is 52.1 Å². The van der Waals surface area contributed by atoms with E-state index in [1.165, 1.54) is 0 Å². The lowest BCUT2D eigenvalue weighted by molar-refractivity contribution is -0.938. The highest BCUT2D eigenvalue weighted by atomic mass is 79.9. The zero-order valence-corrected chi connectivity index (χ0v) is 19.4. The monoisotopic (exact) mass is 547 g/mol. The van der Waals surface area contributed by atoms with Crippen molar-refractivity contribution in [2.45, 2.75) is 56.3 Å². The molecule has 3 fully saturated rings. The lowest BCUT2D eigenvalue weighted by Crippen LogP contribution is -3.00. The van der Waals surface area contributed by atoms with E-state index in [0.29, 0.717) is 25.0 Å². The number of esters is 1. The first-order valence-corrected chi connectivity index (χ1v) is 10.4. The summed E-state index contributed by atoms with van der Waals surface area (Å²) in [5, 5.41) is 11.4. The number of halogens is 5. The molecule has 5 nitrogen and oxygen atoms in total. The van der Waals surface area contributed by atoms with Crippen LogP contribution in [0.25, 0.3) is 0 Å². The number of benzene rings is 2. The Balaban J connectivity index is 0.00000162. The second kappa shape index (κ2) is 8.89. The van der Waals surface area contributed by atoms with Gasteiger partial charge in [0, 0.05) is 36.1 Å². The van der Waals surface area contributed by atoms with Gasteiger partial charge in [-0.1, -0.05) is 7.43 Å². The molecule has 2 bridgehead atoms. The van der Waals surface area contributed by atoms with E-state index in [1.54, 1.807) is 0 Å². The van der Waals surface area contributed by atoms with E-state index in [1.807, 2.05) is 0 Å². The van der Waals surface area contributed by atoms with E-state index in [4.69, 9.17) is 9.47 Å². The van der Waals surface area contributed by atoms with Gasteiger partial charge in [-0.2, -0.15) is 0 Å². The van der Waals surface area contributed by atoms with Crippen LogP contribution in [0.5, 0.6) is 0 Å². The van der Waals surface area contributed by atoms with Crippen LogP contribution in [0.2, 0.25) is 0 Å². The minimum atomic E-state index is -2.93. The number of fused-ring (bicyclic) bond motifs is 5. The van der Waals surface area contributed by atoms with Gasteiger partial charge in [-0.15, -0.1) is 0 Å². The third-order valence-corrected chi connectivity index (χ3v) is 7.25. The third-order valence-electron chi connectivity index (χ3n) is 7.25. The molecule has 1 N–H and O–H groups in total. The molecular weight excluding hydrogens is 522 g/mol. The Morgan fingerprint density at radius 3 is 1.82 bits per heavy atom. The summed E-state index contributed by atoms with van der Waals surface area (Å²) in [6.07, 6.45) is 0.496. The van der Waals surface area contributed by atoms with Gasteiger partial charge in [0.05, 0.1) is 14.1 Å². The lowest BCUT2D eigenvalue weighted by atomic mass is 9.85. The average Bonchev–Trinajstić information content (AvgIpc) is 3.46. The summed E-state index contributed by atoms with van der Waals surface area (Å²) in [6, 6.07) is 4.50. The molecule has 0 spiro atoms. The van der Waals surface area contributed by atoms with Crippen molar-refractivity contribution >= 4 is 5.97 Å². The first-order valence-electron chi connectivity index (χ1n) is 10.4. The summed E-state index contributed by atoms with van der Waals surface area (Å²) >= 11 is 0. The highest BCUT2D eigenvalue weighted by Gasteiger charge is 2.71. The molecular formula is C24H26BrF4NO4. The third kappa shape index (κ3) is 3.94. The van der Waals surface area contributed by atoms with Crippen LogP contribution >= 0.6 is 0 Å². The Morgan fingerprint density at radius 1 is 0.971 bits per heavy atom. The normalized spacial score (nSPS) is 28.3. The predicted octanol–water partition coefficient (Wildman–Crippen LogP) is 0.419. The summed E-state index contributed by atoms with van der Waals surface area (Å²) in [7, 11) is 4.17. The zero-order valence-electron chi connectivity index (χ0n) is 17.8. The van der Waals surface area contributed by atoms with Gasteiger partial charge in [0.15, 0.2) is 0 Å². The van der Waals surface area contributed by atoms with Gasteiger partial charge >= 0.3 is 5.97 Å². The Hall–Kier alpha value is -2.01. The van der Waals surface area contributed by atoms with E-state index >= 15 is 0 Å². The predicted molar refractivity (Wildman–Crippen MR) is 110 cm³/mol. The quantitative estimate of drug-likeness (QED) is 0.261. The average molecular weight is 548 g/mol. The van der Waals surface area contributed by atoms with Crippen molar-refractivity contribution in [1.29, 1.82) is 0 Å². The van der Waals surface area contributed by atoms with Gasteiger partial charge in [-0.25, -0.2) is 22.4 Å². The van der Waals surface area contributed by atoms with Crippen LogP contribution in [-0.4, -0.2) is 60.0 Å². The smallest absolute Gasteiger partial charge is 0.348 e. The molecule has 2 aromatic carbocycles. The fourth-order valence-electron chi connectivity index (χ4n) is 5.47. The number of hydrogen-bond donors (Lipinski definition) is 1. The maximum absolute atomic E-state index is 14.7. The Labute approximate surface area is 205 Å². The van der Waals surface area contributed by atoms with E-state index in [0.717, 1.165) is 28.7 Å². The molecule has 0 aliphatic carbocycles. The molecule has 186 valence electrons. The van der Waals surface area contributed by atoms with Crippen molar-refractivity contribution in [3.63, 3.8) is 0 Å². The summed E-state index contributed by atoms with van der Waals surface area (Å²) in [5.74, 6) is -5.71. The second-order valence-corrected chi connectivity index (χ2v) is 9.29. The topological polar surface area (TPSA) is 59.1 Å². The number of nitrogens with zero attached hydrogens (tertiary/aromatic N) is 1. The summed E-state index contributed by atoms with van der Waals surface area (Å²) in [5.41, 5.74) is -4.30. The maximum atomic E-state index is 14.7. The van der Waals surface area contributed by atoms with Gasteiger partial charge in [-0.05, 0) is 24.3 Å². The van der Waals surface area contributed by atoms with E-state index in [9.17, 15) is 27.5 Å². The number of quaternary nitrogens is 1. The minimum Gasteiger partial charge on any atom is -1.00 e. The fourth-order valence-corrected chi connectivity index (χ4v) is 5.47. The highest BCUT2D eigenvalue weighted by molar-refractivity contribution is 5.85. The number of morpholine rings is 1. The number of carbonyl (C=O) groups is 1. The molecule has 5 atom stereocenters. The largest absolute Gasteiger partial charge is 1.00 e. The van der Waals surface area contributed by atoms with E-state index in [2.05, 4.69) is 14.1 Å². The SMILES string of the molecule is C.C[N+]1(C)C2CC(OC(=O)C(O)(c3ccc(F)cc3F)c3ccc(F)cc3F)C[C@H]1[C@H]1OC21.[Br-]. The van der Waals surface area contributed by atoms with Gasteiger partial charge in [0.2, 0.25) is 5.60 Å². The van der Waals surface area contributed by atoms with Crippen LogP contribution in [0.4, 0.5) is 17.6 Å². The minimum absolute atomic E-state index is 0.